The van der Waals surface area contributed by atoms with Crippen molar-refractivity contribution >= 4 is 51.5 Å². The number of nitrogens with zero attached hydrogens (tertiary/aromatic N) is 4. The molecule has 0 atom stereocenters. The lowest BCUT2D eigenvalue weighted by Gasteiger charge is -2.23. The normalized spacial score (nSPS) is 11.1. The summed E-state index contributed by atoms with van der Waals surface area (Å²) in [5.74, 6) is -2.74. The minimum absolute atomic E-state index is 0.0400. The summed E-state index contributed by atoms with van der Waals surface area (Å²) >= 11 is 0. The number of nitrogens with two attached hydrogens (primary N) is 1. The number of benzene rings is 3. The van der Waals surface area contributed by atoms with Crippen molar-refractivity contribution < 1.29 is 23.5 Å². The summed E-state index contributed by atoms with van der Waals surface area (Å²) in [6.45, 7) is 1.56. The van der Waals surface area contributed by atoms with E-state index in [1.54, 1.807) is 12.1 Å². The standard InChI is InChI=1S/C30H34F2N8O3/c1-34-28(41)18-11-17(7-8-33)26(23(32)13-18)37-24-14-20(31)12-19-16-35-30(38-27(19)24)36-21-5-6-25(22(15-21)29(42)43)40(4)10-9-39(2)3/h5-6,11-16,37H,7-10,33H2,1-4H3,(H,34,41)(H,42,43)(H,35,36,38). The van der Waals surface area contributed by atoms with Crippen molar-refractivity contribution in [2.45, 2.75) is 6.42 Å². The highest BCUT2D eigenvalue weighted by Gasteiger charge is 2.18. The lowest BCUT2D eigenvalue weighted by molar-refractivity contribution is 0.0697. The van der Waals surface area contributed by atoms with E-state index in [-0.39, 0.29) is 46.9 Å². The molecule has 4 rings (SSSR count). The molecular formula is C30H34F2N8O3. The Labute approximate surface area is 247 Å². The molecule has 0 spiro atoms. The second-order valence-corrected chi connectivity index (χ2v) is 10.2. The van der Waals surface area contributed by atoms with Gasteiger partial charge in [0.05, 0.1) is 28.1 Å². The van der Waals surface area contributed by atoms with Gasteiger partial charge in [-0.15, -0.1) is 0 Å². The first-order valence-corrected chi connectivity index (χ1v) is 13.5. The molecule has 0 saturated carbocycles. The maximum absolute atomic E-state index is 15.3. The fourth-order valence-electron chi connectivity index (χ4n) is 4.55. The Hall–Kier alpha value is -4.88. The number of carboxylic acids is 1. The van der Waals surface area contributed by atoms with Crippen molar-refractivity contribution in [1.29, 1.82) is 0 Å². The second-order valence-electron chi connectivity index (χ2n) is 10.2. The van der Waals surface area contributed by atoms with E-state index in [0.717, 1.165) is 12.6 Å². The number of carbonyl (C=O) groups is 2. The van der Waals surface area contributed by atoms with Gasteiger partial charge in [-0.05, 0) is 75.1 Å². The summed E-state index contributed by atoms with van der Waals surface area (Å²) < 4.78 is 29.9. The highest BCUT2D eigenvalue weighted by molar-refractivity contribution is 5.97. The largest absolute Gasteiger partial charge is 0.478 e. The van der Waals surface area contributed by atoms with E-state index in [2.05, 4.69) is 25.9 Å². The number of aromatic carboxylic acids is 1. The Kier molecular flexibility index (Phi) is 9.68. The molecular weight excluding hydrogens is 558 g/mol. The summed E-state index contributed by atoms with van der Waals surface area (Å²) in [7, 11) is 7.15. The predicted molar refractivity (Wildman–Crippen MR) is 164 cm³/mol. The Morgan fingerprint density at radius 1 is 1.02 bits per heavy atom. The predicted octanol–water partition coefficient (Wildman–Crippen LogP) is 3.95. The van der Waals surface area contributed by atoms with Crippen molar-refractivity contribution in [1.82, 2.24) is 20.2 Å². The maximum Gasteiger partial charge on any atom is 0.337 e. The molecule has 0 bridgehead atoms. The lowest BCUT2D eigenvalue weighted by Crippen LogP contribution is -2.29. The molecule has 13 heteroatoms. The van der Waals surface area contributed by atoms with Crippen LogP contribution >= 0.6 is 0 Å². The second kappa shape index (κ2) is 13.4. The van der Waals surface area contributed by atoms with E-state index < -0.39 is 23.5 Å². The summed E-state index contributed by atoms with van der Waals surface area (Å²) in [5, 5.41) is 18.6. The van der Waals surface area contributed by atoms with E-state index in [0.29, 0.717) is 28.9 Å². The monoisotopic (exact) mass is 592 g/mol. The van der Waals surface area contributed by atoms with E-state index in [1.165, 1.54) is 37.5 Å². The van der Waals surface area contributed by atoms with E-state index in [9.17, 15) is 19.1 Å². The summed E-state index contributed by atoms with van der Waals surface area (Å²) in [6, 6.07) is 9.95. The van der Waals surface area contributed by atoms with Gasteiger partial charge in [0.15, 0.2) is 0 Å². The smallest absolute Gasteiger partial charge is 0.337 e. The van der Waals surface area contributed by atoms with Crippen LogP contribution in [-0.4, -0.2) is 79.7 Å². The number of nitrogens with one attached hydrogen (secondary N) is 3. The number of anilines is 5. The number of fused-ring (bicyclic) bond motifs is 1. The molecule has 1 aromatic heterocycles. The summed E-state index contributed by atoms with van der Waals surface area (Å²) in [5.41, 5.74) is 7.87. The first-order valence-electron chi connectivity index (χ1n) is 13.5. The van der Waals surface area contributed by atoms with Crippen molar-refractivity contribution in [3.05, 3.63) is 77.0 Å². The van der Waals surface area contributed by atoms with Crippen LogP contribution in [0.3, 0.4) is 0 Å². The van der Waals surface area contributed by atoms with Gasteiger partial charge in [0, 0.05) is 50.0 Å². The molecule has 11 nitrogen and oxygen atoms in total. The van der Waals surface area contributed by atoms with Crippen LogP contribution in [0.4, 0.5) is 37.5 Å². The zero-order valence-corrected chi connectivity index (χ0v) is 24.3. The Morgan fingerprint density at radius 3 is 2.47 bits per heavy atom. The van der Waals surface area contributed by atoms with Gasteiger partial charge in [0.25, 0.3) is 5.91 Å². The molecule has 1 heterocycles. The lowest BCUT2D eigenvalue weighted by atomic mass is 10.0. The highest BCUT2D eigenvalue weighted by atomic mass is 19.1. The number of hydrogen-bond acceptors (Lipinski definition) is 9. The van der Waals surface area contributed by atoms with Gasteiger partial charge >= 0.3 is 5.97 Å². The van der Waals surface area contributed by atoms with E-state index in [1.807, 2.05) is 30.9 Å². The SMILES string of the molecule is CNC(=O)c1cc(F)c(Nc2cc(F)cc3cnc(Nc4ccc(N(C)CCN(C)C)c(C(=O)O)c4)nc23)c(CCN)c1. The number of carboxylic acid groups (broad SMARTS) is 1. The fourth-order valence-corrected chi connectivity index (χ4v) is 4.55. The van der Waals surface area contributed by atoms with Crippen LogP contribution in [0.15, 0.2) is 48.7 Å². The van der Waals surface area contributed by atoms with Crippen molar-refractivity contribution in [2.24, 2.45) is 5.73 Å². The van der Waals surface area contributed by atoms with Crippen LogP contribution in [0.25, 0.3) is 10.9 Å². The molecule has 0 unspecified atom stereocenters. The average Bonchev–Trinajstić information content (AvgIpc) is 2.97. The van der Waals surface area contributed by atoms with Crippen molar-refractivity contribution in [2.75, 3.05) is 63.4 Å². The van der Waals surface area contributed by atoms with Crippen molar-refractivity contribution in [3.8, 4) is 0 Å². The van der Waals surface area contributed by atoms with Gasteiger partial charge in [-0.3, -0.25) is 4.79 Å². The van der Waals surface area contributed by atoms with Gasteiger partial charge in [-0.25, -0.2) is 23.5 Å². The average molecular weight is 593 g/mol. The molecule has 0 aliphatic heterocycles. The maximum atomic E-state index is 15.3. The first-order chi connectivity index (χ1) is 20.5. The number of carbonyl (C=O) groups excluding carboxylic acids is 1. The van der Waals surface area contributed by atoms with E-state index in [4.69, 9.17) is 5.73 Å². The molecule has 226 valence electrons. The van der Waals surface area contributed by atoms with Crippen LogP contribution in [0, 0.1) is 11.6 Å². The van der Waals surface area contributed by atoms with Crippen LogP contribution in [0.2, 0.25) is 0 Å². The fraction of sp³-hybridized carbons (Fsp3) is 0.267. The Bertz CT molecular complexity index is 1660. The zero-order valence-electron chi connectivity index (χ0n) is 24.3. The van der Waals surface area contributed by atoms with E-state index >= 15 is 4.39 Å². The summed E-state index contributed by atoms with van der Waals surface area (Å²) in [4.78, 5) is 36.9. The number of halogens is 2. The number of rotatable bonds is 12. The quantitative estimate of drug-likeness (QED) is 0.164. The molecule has 0 radical (unpaired) electrons. The van der Waals surface area contributed by atoms with Gasteiger partial charge in [0.2, 0.25) is 5.95 Å². The zero-order chi connectivity index (χ0) is 31.3. The Morgan fingerprint density at radius 2 is 1.79 bits per heavy atom. The molecule has 3 aromatic carbocycles. The van der Waals surface area contributed by atoms with Crippen LogP contribution in [-0.2, 0) is 6.42 Å². The molecule has 4 aromatic rings. The molecule has 0 fully saturated rings. The number of amides is 1. The molecule has 0 aliphatic rings. The summed E-state index contributed by atoms with van der Waals surface area (Å²) in [6.07, 6.45) is 1.66. The van der Waals surface area contributed by atoms with Crippen LogP contribution in [0.5, 0.6) is 0 Å². The molecule has 43 heavy (non-hydrogen) atoms. The third kappa shape index (κ3) is 7.31. The Balaban J connectivity index is 1.70. The van der Waals surface area contributed by atoms with Gasteiger partial charge in [-0.2, -0.15) is 0 Å². The molecule has 0 saturated heterocycles. The van der Waals surface area contributed by atoms with Crippen molar-refractivity contribution in [3.63, 3.8) is 0 Å². The third-order valence-corrected chi connectivity index (χ3v) is 6.76. The van der Waals surface area contributed by atoms with Crippen LogP contribution in [0.1, 0.15) is 26.3 Å². The number of hydrogen-bond donors (Lipinski definition) is 5. The van der Waals surface area contributed by atoms with Crippen LogP contribution < -0.4 is 26.6 Å². The molecule has 0 aliphatic carbocycles. The first kappa shape index (κ1) is 31.1. The minimum Gasteiger partial charge on any atom is -0.478 e. The van der Waals surface area contributed by atoms with Gasteiger partial charge < -0.3 is 36.6 Å². The third-order valence-electron chi connectivity index (χ3n) is 6.76. The van der Waals surface area contributed by atoms with Gasteiger partial charge in [-0.1, -0.05) is 0 Å². The number of aromatic nitrogens is 2. The molecule has 1 amide bonds. The minimum atomic E-state index is -1.09. The topological polar surface area (TPSA) is 149 Å². The highest BCUT2D eigenvalue weighted by Crippen LogP contribution is 2.32. The molecule has 6 N–H and O–H groups in total. The number of likely N-dealkylation sites (N-methyl/N-ethyl adjacent to an activating group) is 2. The van der Waals surface area contributed by atoms with Gasteiger partial charge in [0.1, 0.15) is 11.6 Å².